The van der Waals surface area contributed by atoms with E-state index >= 15 is 0 Å². The van der Waals surface area contributed by atoms with Gasteiger partial charge in [0.1, 0.15) is 11.0 Å². The molecule has 8 aromatic carbocycles. The van der Waals surface area contributed by atoms with Gasteiger partial charge in [-0.15, -0.1) is 0 Å². The number of nitrogens with zero attached hydrogens (tertiary/aromatic N) is 4. The number of fused-ring (bicyclic) bond motifs is 6. The Kier molecular flexibility index (Phi) is 7.96. The summed E-state index contributed by atoms with van der Waals surface area (Å²) in [4.78, 5) is 13.6. The van der Waals surface area contributed by atoms with E-state index in [9.17, 15) is 0 Å². The highest BCUT2D eigenvalue weighted by Crippen LogP contribution is 2.51. The normalized spacial score (nSPS) is 12.3. The molecule has 0 unspecified atom stereocenters. The van der Waals surface area contributed by atoms with E-state index in [0.717, 1.165) is 90.4 Å². The zero-order chi connectivity index (χ0) is 38.4. The van der Waals surface area contributed by atoms with E-state index in [0.29, 0.717) is 11.8 Å². The summed E-state index contributed by atoms with van der Waals surface area (Å²) in [6.07, 6.45) is 0. The number of oxazole rings is 2. The molecule has 8 heteroatoms. The molecule has 276 valence electrons. The number of hydrogen-bond donors (Lipinski definition) is 0. The first-order valence-electron chi connectivity index (χ1n) is 19.0. The SMILES string of the molecule is c1ccc2c(c1)Oc1ccccc1N2c1ccc(-c2nc3ccccc3o2)cc1.c1ccc2c(c1)Oc1ccccc1N2c1ccc(-c2nc3ccccc3o2)cc1. The van der Waals surface area contributed by atoms with Crippen LogP contribution in [-0.2, 0) is 0 Å². The minimum atomic E-state index is 0.625. The summed E-state index contributed by atoms with van der Waals surface area (Å²) in [5.74, 6) is 4.62. The van der Waals surface area contributed by atoms with Crippen LogP contribution in [-0.4, -0.2) is 9.97 Å². The first kappa shape index (κ1) is 33.3. The Hall–Kier alpha value is -8.10. The van der Waals surface area contributed by atoms with Gasteiger partial charge >= 0.3 is 0 Å². The maximum absolute atomic E-state index is 6.09. The van der Waals surface area contributed by atoms with Crippen LogP contribution >= 0.6 is 0 Å². The predicted octanol–water partition coefficient (Wildman–Crippen LogP) is 14.1. The average Bonchev–Trinajstić information content (AvgIpc) is 3.93. The Morgan fingerprint density at radius 3 is 0.966 bits per heavy atom. The van der Waals surface area contributed by atoms with Crippen LogP contribution in [0.15, 0.2) is 203 Å². The van der Waals surface area contributed by atoms with Crippen LogP contribution in [0.1, 0.15) is 0 Å². The standard InChI is InChI=1S/2C25H16N2O2/c2*1-4-10-22-19(7-1)26-25(29-22)17-13-15-18(16-14-17)27-20-8-2-5-11-23(20)28-24-12-6-3-9-21(24)27/h2*1-16H. The lowest BCUT2D eigenvalue weighted by molar-refractivity contribution is 0.477. The summed E-state index contributed by atoms with van der Waals surface area (Å²) < 4.78 is 24.0. The van der Waals surface area contributed by atoms with Gasteiger partial charge in [-0.1, -0.05) is 72.8 Å². The number of aromatic nitrogens is 2. The molecule has 0 amide bonds. The number of benzene rings is 8. The van der Waals surface area contributed by atoms with Gasteiger partial charge in [-0.05, 0) is 121 Å². The van der Waals surface area contributed by atoms with Crippen LogP contribution in [0, 0.1) is 0 Å². The van der Waals surface area contributed by atoms with E-state index in [-0.39, 0.29) is 0 Å². The van der Waals surface area contributed by atoms with E-state index in [1.807, 2.05) is 146 Å². The van der Waals surface area contributed by atoms with Gasteiger partial charge in [-0.3, -0.25) is 0 Å². The summed E-state index contributed by atoms with van der Waals surface area (Å²) in [5.41, 5.74) is 11.4. The van der Waals surface area contributed by atoms with Gasteiger partial charge in [0.15, 0.2) is 34.2 Å². The fraction of sp³-hybridized carbons (Fsp3) is 0. The van der Waals surface area contributed by atoms with E-state index in [2.05, 4.69) is 68.3 Å². The number of ether oxygens (including phenoxy) is 2. The second-order valence-electron chi connectivity index (χ2n) is 13.8. The van der Waals surface area contributed by atoms with Crippen molar-refractivity contribution in [3.8, 4) is 45.9 Å². The van der Waals surface area contributed by atoms with E-state index in [1.54, 1.807) is 0 Å². The summed E-state index contributed by atoms with van der Waals surface area (Å²) in [5, 5.41) is 0. The quantitative estimate of drug-likeness (QED) is 0.176. The van der Waals surface area contributed by atoms with Crippen LogP contribution in [0.4, 0.5) is 34.1 Å². The van der Waals surface area contributed by atoms with E-state index < -0.39 is 0 Å². The van der Waals surface area contributed by atoms with Crippen LogP contribution < -0.4 is 19.3 Å². The van der Waals surface area contributed by atoms with Crippen molar-refractivity contribution in [1.29, 1.82) is 0 Å². The molecule has 0 bridgehead atoms. The Morgan fingerprint density at radius 2 is 0.621 bits per heavy atom. The molecular weight excluding hydrogens is 721 g/mol. The highest BCUT2D eigenvalue weighted by Gasteiger charge is 2.27. The fourth-order valence-corrected chi connectivity index (χ4v) is 7.46. The molecule has 4 heterocycles. The average molecular weight is 753 g/mol. The molecule has 58 heavy (non-hydrogen) atoms. The molecule has 10 aromatic rings. The molecule has 8 nitrogen and oxygen atoms in total. The van der Waals surface area contributed by atoms with Crippen molar-refractivity contribution in [2.75, 3.05) is 9.80 Å². The topological polar surface area (TPSA) is 77.0 Å². The molecule has 0 spiro atoms. The van der Waals surface area contributed by atoms with Crippen molar-refractivity contribution in [2.24, 2.45) is 0 Å². The van der Waals surface area contributed by atoms with Crippen molar-refractivity contribution in [2.45, 2.75) is 0 Å². The first-order valence-corrected chi connectivity index (χ1v) is 19.0. The number of rotatable bonds is 4. The third kappa shape index (κ3) is 5.88. The van der Waals surface area contributed by atoms with Gasteiger partial charge in [0.25, 0.3) is 0 Å². The first-order chi connectivity index (χ1) is 28.7. The fourth-order valence-electron chi connectivity index (χ4n) is 7.46. The summed E-state index contributed by atoms with van der Waals surface area (Å²) in [7, 11) is 0. The molecule has 0 aliphatic carbocycles. The monoisotopic (exact) mass is 752 g/mol. The summed E-state index contributed by atoms with van der Waals surface area (Å²) in [6, 6.07) is 64.4. The molecule has 0 radical (unpaired) electrons. The van der Waals surface area contributed by atoms with Crippen molar-refractivity contribution < 1.29 is 18.3 Å². The van der Waals surface area contributed by atoms with Gasteiger partial charge in [-0.25, -0.2) is 9.97 Å². The Balaban J connectivity index is 0.000000133. The summed E-state index contributed by atoms with van der Waals surface area (Å²) in [6.45, 7) is 0. The van der Waals surface area contributed by atoms with Gasteiger partial charge in [0.05, 0.1) is 22.7 Å². The third-order valence-electron chi connectivity index (χ3n) is 10.2. The van der Waals surface area contributed by atoms with Gasteiger partial charge in [0, 0.05) is 22.5 Å². The maximum atomic E-state index is 6.09. The van der Waals surface area contributed by atoms with Crippen LogP contribution in [0.25, 0.3) is 45.1 Å². The van der Waals surface area contributed by atoms with Crippen molar-refractivity contribution >= 4 is 56.3 Å². The van der Waals surface area contributed by atoms with E-state index in [4.69, 9.17) is 18.3 Å². The minimum absolute atomic E-state index is 0.625. The molecule has 0 fully saturated rings. The molecule has 0 atom stereocenters. The minimum Gasteiger partial charge on any atom is -0.453 e. The Labute approximate surface area is 333 Å². The van der Waals surface area contributed by atoms with Crippen LogP contribution in [0.3, 0.4) is 0 Å². The second-order valence-corrected chi connectivity index (χ2v) is 13.8. The van der Waals surface area contributed by atoms with Crippen LogP contribution in [0.5, 0.6) is 23.0 Å². The lowest BCUT2D eigenvalue weighted by Gasteiger charge is -2.32. The molecular formula is C50H32N4O4. The molecule has 2 aliphatic rings. The van der Waals surface area contributed by atoms with Crippen LogP contribution in [0.2, 0.25) is 0 Å². The molecule has 12 rings (SSSR count). The molecule has 2 aliphatic heterocycles. The predicted molar refractivity (Wildman–Crippen MR) is 228 cm³/mol. The number of para-hydroxylation sites is 12. The maximum Gasteiger partial charge on any atom is 0.227 e. The third-order valence-corrected chi connectivity index (χ3v) is 10.2. The summed E-state index contributed by atoms with van der Waals surface area (Å²) >= 11 is 0. The second kappa shape index (κ2) is 13.9. The highest BCUT2D eigenvalue weighted by molar-refractivity contribution is 5.88. The number of hydrogen-bond acceptors (Lipinski definition) is 8. The number of anilines is 6. The lowest BCUT2D eigenvalue weighted by Crippen LogP contribution is -2.15. The zero-order valence-electron chi connectivity index (χ0n) is 30.9. The van der Waals surface area contributed by atoms with Gasteiger partial charge < -0.3 is 28.1 Å². The Morgan fingerprint density at radius 1 is 0.310 bits per heavy atom. The van der Waals surface area contributed by atoms with Crippen molar-refractivity contribution in [3.63, 3.8) is 0 Å². The van der Waals surface area contributed by atoms with Crippen molar-refractivity contribution in [3.05, 3.63) is 194 Å². The van der Waals surface area contributed by atoms with Gasteiger partial charge in [0.2, 0.25) is 11.8 Å². The molecule has 0 saturated heterocycles. The highest BCUT2D eigenvalue weighted by atomic mass is 16.5. The Bertz CT molecular complexity index is 2730. The zero-order valence-corrected chi connectivity index (χ0v) is 30.9. The smallest absolute Gasteiger partial charge is 0.227 e. The molecule has 2 aromatic heterocycles. The van der Waals surface area contributed by atoms with E-state index in [1.165, 1.54) is 0 Å². The molecule has 0 N–H and O–H groups in total. The largest absolute Gasteiger partial charge is 0.453 e. The lowest BCUT2D eigenvalue weighted by atomic mass is 10.1. The molecule has 0 saturated carbocycles. The van der Waals surface area contributed by atoms with Gasteiger partial charge in [-0.2, -0.15) is 0 Å². The van der Waals surface area contributed by atoms with Crippen molar-refractivity contribution in [1.82, 2.24) is 9.97 Å².